The third-order valence-electron chi connectivity index (χ3n) is 3.88. The van der Waals surface area contributed by atoms with Gasteiger partial charge in [-0.1, -0.05) is 6.92 Å². The fourth-order valence-electron chi connectivity index (χ4n) is 2.60. The Morgan fingerprint density at radius 3 is 2.00 bits per heavy atom. The van der Waals surface area contributed by atoms with Crippen LogP contribution in [0.3, 0.4) is 0 Å². The van der Waals surface area contributed by atoms with E-state index in [4.69, 9.17) is 20.9 Å². The smallest absolute Gasteiger partial charge is 0.164 e. The van der Waals surface area contributed by atoms with Crippen molar-refractivity contribution in [3.05, 3.63) is 23.5 Å². The highest BCUT2D eigenvalue weighted by atomic mass is 19.1. The van der Waals surface area contributed by atoms with E-state index in [-0.39, 0.29) is 17.7 Å². The van der Waals surface area contributed by atoms with Crippen molar-refractivity contribution in [2.75, 3.05) is 26.3 Å². The number of halogens is 1. The molecule has 126 valence electrons. The zero-order valence-electron chi connectivity index (χ0n) is 13.9. The van der Waals surface area contributed by atoms with Crippen molar-refractivity contribution < 1.29 is 13.9 Å². The van der Waals surface area contributed by atoms with Crippen LogP contribution in [0.1, 0.15) is 45.1 Å². The van der Waals surface area contributed by atoms with Crippen LogP contribution in [0.25, 0.3) is 0 Å². The summed E-state index contributed by atoms with van der Waals surface area (Å²) >= 11 is 0. The van der Waals surface area contributed by atoms with Crippen LogP contribution in [0, 0.1) is 11.7 Å². The molecule has 1 aromatic carbocycles. The normalized spacial score (nSPS) is 12.5. The summed E-state index contributed by atoms with van der Waals surface area (Å²) in [5, 5.41) is 0. The lowest BCUT2D eigenvalue weighted by atomic mass is 9.86. The molecule has 0 aliphatic rings. The Bertz CT molecular complexity index is 451. The molecule has 0 aliphatic heterocycles. The average Bonchev–Trinajstić information content (AvgIpc) is 2.52. The summed E-state index contributed by atoms with van der Waals surface area (Å²) in [4.78, 5) is 0. The minimum atomic E-state index is -0.258. The highest BCUT2D eigenvalue weighted by Crippen LogP contribution is 2.36. The van der Waals surface area contributed by atoms with Crippen LogP contribution in [-0.2, 0) is 0 Å². The van der Waals surface area contributed by atoms with Gasteiger partial charge in [0, 0.05) is 6.07 Å². The summed E-state index contributed by atoms with van der Waals surface area (Å²) < 4.78 is 25.5. The van der Waals surface area contributed by atoms with Crippen LogP contribution in [0.2, 0.25) is 0 Å². The minimum Gasteiger partial charge on any atom is -0.490 e. The molecule has 22 heavy (non-hydrogen) atoms. The molecule has 0 amide bonds. The second kappa shape index (κ2) is 9.64. The van der Waals surface area contributed by atoms with Crippen LogP contribution in [0.4, 0.5) is 4.39 Å². The second-order valence-electron chi connectivity index (χ2n) is 5.36. The molecule has 0 saturated carbocycles. The summed E-state index contributed by atoms with van der Waals surface area (Å²) in [6.07, 6.45) is 1.60. The molecule has 0 aromatic heterocycles. The highest BCUT2D eigenvalue weighted by Gasteiger charge is 2.21. The standard InChI is InChI=1S/C17H29FN2O2/c1-4-13(7-12(10-19)11-20)14-8-16(21-5-2)17(22-6-3)9-15(14)18/h8-9,12-13H,4-7,10-11,19-20H2,1-3H3. The first-order valence-corrected chi connectivity index (χ1v) is 8.10. The van der Waals surface area contributed by atoms with Crippen molar-refractivity contribution in [2.24, 2.45) is 17.4 Å². The maximum Gasteiger partial charge on any atom is 0.164 e. The summed E-state index contributed by atoms with van der Waals surface area (Å²) in [6.45, 7) is 7.83. The van der Waals surface area contributed by atoms with Crippen molar-refractivity contribution in [3.63, 3.8) is 0 Å². The summed E-state index contributed by atoms with van der Waals surface area (Å²) in [5.74, 6) is 1.07. The lowest BCUT2D eigenvalue weighted by Crippen LogP contribution is -2.25. The lowest BCUT2D eigenvalue weighted by molar-refractivity contribution is 0.285. The SMILES string of the molecule is CCOc1cc(F)c(C(CC)CC(CN)CN)cc1OCC. The maximum absolute atomic E-state index is 14.5. The molecule has 0 bridgehead atoms. The predicted molar refractivity (Wildman–Crippen MR) is 88.0 cm³/mol. The Morgan fingerprint density at radius 2 is 1.55 bits per heavy atom. The van der Waals surface area contributed by atoms with E-state index in [0.29, 0.717) is 43.4 Å². The van der Waals surface area contributed by atoms with Gasteiger partial charge in [-0.3, -0.25) is 0 Å². The maximum atomic E-state index is 14.5. The monoisotopic (exact) mass is 312 g/mol. The average molecular weight is 312 g/mol. The molecule has 1 aromatic rings. The quantitative estimate of drug-likeness (QED) is 0.696. The van der Waals surface area contributed by atoms with Crippen molar-refractivity contribution in [3.8, 4) is 11.5 Å². The van der Waals surface area contributed by atoms with E-state index in [1.807, 2.05) is 20.8 Å². The molecule has 0 aliphatic carbocycles. The Morgan fingerprint density at radius 1 is 1.00 bits per heavy atom. The van der Waals surface area contributed by atoms with Gasteiger partial charge in [0.1, 0.15) is 5.82 Å². The Kier molecular flexibility index (Phi) is 8.20. The zero-order valence-corrected chi connectivity index (χ0v) is 13.9. The van der Waals surface area contributed by atoms with Crippen molar-refractivity contribution in [1.29, 1.82) is 0 Å². The number of hydrogen-bond acceptors (Lipinski definition) is 4. The van der Waals surface area contributed by atoms with Gasteiger partial charge in [-0.15, -0.1) is 0 Å². The molecular weight excluding hydrogens is 283 g/mol. The van der Waals surface area contributed by atoms with Gasteiger partial charge in [-0.25, -0.2) is 4.39 Å². The highest BCUT2D eigenvalue weighted by molar-refractivity contribution is 5.45. The first-order valence-electron chi connectivity index (χ1n) is 8.10. The molecule has 4 N–H and O–H groups in total. The third kappa shape index (κ3) is 4.85. The van der Waals surface area contributed by atoms with Crippen LogP contribution >= 0.6 is 0 Å². The van der Waals surface area contributed by atoms with Crippen LogP contribution < -0.4 is 20.9 Å². The number of rotatable bonds is 10. The number of hydrogen-bond donors (Lipinski definition) is 2. The van der Waals surface area contributed by atoms with Gasteiger partial charge >= 0.3 is 0 Å². The molecule has 0 radical (unpaired) electrons. The lowest BCUT2D eigenvalue weighted by Gasteiger charge is -2.23. The van der Waals surface area contributed by atoms with Gasteiger partial charge < -0.3 is 20.9 Å². The number of benzene rings is 1. The van der Waals surface area contributed by atoms with E-state index in [0.717, 1.165) is 12.8 Å². The molecule has 1 rings (SSSR count). The van der Waals surface area contributed by atoms with E-state index in [9.17, 15) is 4.39 Å². The third-order valence-corrected chi connectivity index (χ3v) is 3.88. The first kappa shape index (κ1) is 18.7. The minimum absolute atomic E-state index is 0.0759. The van der Waals surface area contributed by atoms with E-state index < -0.39 is 0 Å². The molecular formula is C17H29FN2O2. The first-order chi connectivity index (χ1) is 10.6. The Labute approximate surface area is 133 Å². The molecule has 1 unspecified atom stereocenters. The van der Waals surface area contributed by atoms with E-state index in [2.05, 4.69) is 0 Å². The van der Waals surface area contributed by atoms with Gasteiger partial charge in [0.15, 0.2) is 11.5 Å². The number of nitrogens with two attached hydrogens (primary N) is 2. The Hall–Kier alpha value is -1.33. The molecule has 0 heterocycles. The topological polar surface area (TPSA) is 70.5 Å². The van der Waals surface area contributed by atoms with Crippen LogP contribution in [-0.4, -0.2) is 26.3 Å². The van der Waals surface area contributed by atoms with Gasteiger partial charge in [-0.05, 0) is 63.2 Å². The van der Waals surface area contributed by atoms with E-state index >= 15 is 0 Å². The van der Waals surface area contributed by atoms with Crippen molar-refractivity contribution in [1.82, 2.24) is 0 Å². The summed E-state index contributed by atoms with van der Waals surface area (Å²) in [5.41, 5.74) is 12.1. The van der Waals surface area contributed by atoms with E-state index in [1.54, 1.807) is 6.07 Å². The molecule has 4 nitrogen and oxygen atoms in total. The van der Waals surface area contributed by atoms with Crippen LogP contribution in [0.5, 0.6) is 11.5 Å². The summed E-state index contributed by atoms with van der Waals surface area (Å²) in [6, 6.07) is 3.19. The van der Waals surface area contributed by atoms with Gasteiger partial charge in [0.05, 0.1) is 13.2 Å². The fraction of sp³-hybridized carbons (Fsp3) is 0.647. The van der Waals surface area contributed by atoms with Crippen LogP contribution in [0.15, 0.2) is 12.1 Å². The molecule has 0 spiro atoms. The molecule has 0 fully saturated rings. The van der Waals surface area contributed by atoms with Crippen molar-refractivity contribution >= 4 is 0 Å². The second-order valence-corrected chi connectivity index (χ2v) is 5.36. The van der Waals surface area contributed by atoms with Crippen molar-refractivity contribution in [2.45, 2.75) is 39.5 Å². The molecule has 5 heteroatoms. The Balaban J connectivity index is 3.12. The van der Waals surface area contributed by atoms with Gasteiger partial charge in [-0.2, -0.15) is 0 Å². The van der Waals surface area contributed by atoms with E-state index in [1.165, 1.54) is 6.07 Å². The fourth-order valence-corrected chi connectivity index (χ4v) is 2.60. The summed E-state index contributed by atoms with van der Waals surface area (Å²) in [7, 11) is 0. The molecule has 0 saturated heterocycles. The largest absolute Gasteiger partial charge is 0.490 e. The van der Waals surface area contributed by atoms with Gasteiger partial charge in [0.2, 0.25) is 0 Å². The van der Waals surface area contributed by atoms with Gasteiger partial charge in [0.25, 0.3) is 0 Å². The molecule has 1 atom stereocenters. The number of ether oxygens (including phenoxy) is 2. The zero-order chi connectivity index (χ0) is 16.5. The predicted octanol–water partition coefficient (Wildman–Crippen LogP) is 3.04.